The topological polar surface area (TPSA) is 39.2 Å². The van der Waals surface area contributed by atoms with Crippen LogP contribution in [-0.4, -0.2) is 22.0 Å². The average Bonchev–Trinajstić information content (AvgIpc) is 3.28. The predicted molar refractivity (Wildman–Crippen MR) is 125 cm³/mol. The molecule has 1 aromatic heterocycles. The fourth-order valence-electron chi connectivity index (χ4n) is 8.60. The SMILES string of the molecule is CC1=C2C=C3CCC(=O)C[C@]34CC[C@]2(O4)[C@@H]2CCC(c3ccc4ccncc4c3)C2(C)C1. The second-order valence-corrected chi connectivity index (χ2v) is 11.4. The van der Waals surface area contributed by atoms with Gasteiger partial charge >= 0.3 is 0 Å². The van der Waals surface area contributed by atoms with E-state index in [0.29, 0.717) is 30.5 Å². The van der Waals surface area contributed by atoms with Gasteiger partial charge < -0.3 is 4.74 Å². The quantitative estimate of drug-likeness (QED) is 0.528. The Labute approximate surface area is 189 Å². The fourth-order valence-corrected chi connectivity index (χ4v) is 8.60. The normalized spacial score (nSPS) is 40.2. The monoisotopic (exact) mass is 425 g/mol. The summed E-state index contributed by atoms with van der Waals surface area (Å²) in [5, 5.41) is 2.50. The molecular formula is C29H31NO2. The number of ketones is 1. The zero-order valence-corrected chi connectivity index (χ0v) is 19.1. The van der Waals surface area contributed by atoms with Gasteiger partial charge in [-0.25, -0.2) is 0 Å². The number of benzene rings is 1. The number of carbonyl (C=O) groups is 1. The van der Waals surface area contributed by atoms with Gasteiger partial charge in [0.1, 0.15) is 5.78 Å². The van der Waals surface area contributed by atoms with Crippen LogP contribution < -0.4 is 0 Å². The zero-order chi connectivity index (χ0) is 21.7. The van der Waals surface area contributed by atoms with E-state index in [1.165, 1.54) is 45.9 Å². The van der Waals surface area contributed by atoms with Crippen molar-refractivity contribution < 1.29 is 9.53 Å². The van der Waals surface area contributed by atoms with Crippen molar-refractivity contribution in [1.82, 2.24) is 4.98 Å². The van der Waals surface area contributed by atoms with E-state index in [9.17, 15) is 4.79 Å². The first-order chi connectivity index (χ1) is 15.4. The number of allylic oxidation sites excluding steroid dienone is 1. The van der Waals surface area contributed by atoms with Gasteiger partial charge in [0.25, 0.3) is 0 Å². The summed E-state index contributed by atoms with van der Waals surface area (Å²) in [6.45, 7) is 4.87. The molecule has 0 N–H and O–H groups in total. The number of aromatic nitrogens is 1. The van der Waals surface area contributed by atoms with Crippen LogP contribution in [0.4, 0.5) is 0 Å². The lowest BCUT2D eigenvalue weighted by Gasteiger charge is -2.55. The molecule has 2 unspecified atom stereocenters. The van der Waals surface area contributed by atoms with Gasteiger partial charge in [-0.05, 0) is 96.9 Å². The molecule has 3 aliphatic carbocycles. The summed E-state index contributed by atoms with van der Waals surface area (Å²) in [4.78, 5) is 16.8. The highest BCUT2D eigenvalue weighted by molar-refractivity contribution is 5.83. The molecule has 32 heavy (non-hydrogen) atoms. The Morgan fingerprint density at radius 2 is 1.97 bits per heavy atom. The first-order valence-electron chi connectivity index (χ1n) is 12.4. The Hall–Kier alpha value is -2.26. The summed E-state index contributed by atoms with van der Waals surface area (Å²) in [7, 11) is 0. The largest absolute Gasteiger partial charge is 0.359 e. The van der Waals surface area contributed by atoms with Crippen LogP contribution in [0.25, 0.3) is 10.8 Å². The predicted octanol–water partition coefficient (Wildman–Crippen LogP) is 6.44. The Bertz CT molecular complexity index is 1240. The third-order valence-corrected chi connectivity index (χ3v) is 9.87. The number of hydrogen-bond acceptors (Lipinski definition) is 3. The molecule has 2 saturated carbocycles. The Morgan fingerprint density at radius 3 is 2.88 bits per heavy atom. The molecule has 2 bridgehead atoms. The van der Waals surface area contributed by atoms with E-state index in [0.717, 1.165) is 25.7 Å². The van der Waals surface area contributed by atoms with Gasteiger partial charge in [0.15, 0.2) is 0 Å². The maximum Gasteiger partial charge on any atom is 0.136 e. The third kappa shape index (κ3) is 2.31. The van der Waals surface area contributed by atoms with Crippen molar-refractivity contribution in [2.45, 2.75) is 82.3 Å². The van der Waals surface area contributed by atoms with E-state index in [1.54, 1.807) is 0 Å². The molecule has 164 valence electrons. The van der Waals surface area contributed by atoms with Crippen molar-refractivity contribution in [3.8, 4) is 0 Å². The van der Waals surface area contributed by atoms with Crippen LogP contribution in [0, 0.1) is 11.3 Å². The molecule has 0 radical (unpaired) electrons. The first-order valence-corrected chi connectivity index (χ1v) is 12.4. The second-order valence-electron chi connectivity index (χ2n) is 11.4. The minimum Gasteiger partial charge on any atom is -0.359 e. The molecule has 0 amide bonds. The summed E-state index contributed by atoms with van der Waals surface area (Å²) < 4.78 is 7.20. The van der Waals surface area contributed by atoms with Crippen molar-refractivity contribution in [2.24, 2.45) is 11.3 Å². The molecule has 3 fully saturated rings. The molecule has 2 aliphatic heterocycles. The summed E-state index contributed by atoms with van der Waals surface area (Å²) in [5.74, 6) is 1.43. The molecule has 1 saturated heterocycles. The van der Waals surface area contributed by atoms with Gasteiger partial charge in [-0.1, -0.05) is 30.7 Å². The van der Waals surface area contributed by atoms with Crippen LogP contribution >= 0.6 is 0 Å². The second kappa shape index (κ2) is 6.20. The molecule has 1 aromatic carbocycles. The van der Waals surface area contributed by atoms with Gasteiger partial charge in [0.05, 0.1) is 11.2 Å². The van der Waals surface area contributed by atoms with Crippen molar-refractivity contribution in [3.05, 3.63) is 65.0 Å². The van der Waals surface area contributed by atoms with E-state index in [-0.39, 0.29) is 16.6 Å². The average molecular weight is 426 g/mol. The maximum absolute atomic E-state index is 12.4. The summed E-state index contributed by atoms with van der Waals surface area (Å²) in [6, 6.07) is 9.09. The van der Waals surface area contributed by atoms with Gasteiger partial charge in [-0.3, -0.25) is 9.78 Å². The minimum atomic E-state index is -0.302. The molecule has 7 rings (SSSR count). The van der Waals surface area contributed by atoms with Crippen molar-refractivity contribution in [1.29, 1.82) is 0 Å². The lowest BCUT2D eigenvalue weighted by atomic mass is 9.56. The number of nitrogens with zero attached hydrogens (tertiary/aromatic N) is 1. The number of rotatable bonds is 1. The van der Waals surface area contributed by atoms with Crippen LogP contribution in [-0.2, 0) is 9.53 Å². The molecule has 3 heterocycles. The van der Waals surface area contributed by atoms with Gasteiger partial charge in [0.2, 0.25) is 0 Å². The van der Waals surface area contributed by atoms with Gasteiger partial charge in [-0.2, -0.15) is 0 Å². The lowest BCUT2D eigenvalue weighted by Crippen LogP contribution is -2.54. The van der Waals surface area contributed by atoms with E-state index in [1.807, 2.05) is 12.4 Å². The van der Waals surface area contributed by atoms with Crippen LogP contribution in [0.2, 0.25) is 0 Å². The Morgan fingerprint density at radius 1 is 1.06 bits per heavy atom. The zero-order valence-electron chi connectivity index (χ0n) is 19.1. The Kier molecular flexibility index (Phi) is 3.72. The highest BCUT2D eigenvalue weighted by Crippen LogP contribution is 2.70. The van der Waals surface area contributed by atoms with E-state index >= 15 is 0 Å². The molecule has 2 aromatic rings. The standard InChI is InChI=1S/C29H31NO2/c1-18-15-27(2)24(20-4-3-19-9-12-30-17-21(19)13-20)7-8-26(27)29-11-10-28(32-29)16-23(31)6-5-22(28)14-25(18)29/h3-4,9,12-14,17,24,26H,5-8,10-11,15-16H2,1-2H3/t24?,26-,27?,28-,29-/m1/s1. The first kappa shape index (κ1) is 19.2. The van der Waals surface area contributed by atoms with Crippen LogP contribution in [0.15, 0.2) is 59.5 Å². The third-order valence-electron chi connectivity index (χ3n) is 9.87. The van der Waals surface area contributed by atoms with Crippen molar-refractivity contribution >= 4 is 16.6 Å². The summed E-state index contributed by atoms with van der Waals surface area (Å²) in [6.07, 6.45) is 14.2. The Balaban J connectivity index is 1.34. The summed E-state index contributed by atoms with van der Waals surface area (Å²) in [5.41, 5.74) is 5.53. The highest BCUT2D eigenvalue weighted by atomic mass is 16.5. The van der Waals surface area contributed by atoms with E-state index in [4.69, 9.17) is 4.74 Å². The molecule has 2 spiro atoms. The molecule has 3 heteroatoms. The molecular weight excluding hydrogens is 394 g/mol. The smallest absolute Gasteiger partial charge is 0.136 e. The molecule has 5 atom stereocenters. The minimum absolute atomic E-state index is 0.180. The molecule has 5 aliphatic rings. The van der Waals surface area contributed by atoms with Crippen LogP contribution in [0.5, 0.6) is 0 Å². The number of hydrogen-bond donors (Lipinski definition) is 0. The number of fused-ring (bicyclic) bond motifs is 2. The van der Waals surface area contributed by atoms with E-state index < -0.39 is 0 Å². The maximum atomic E-state index is 12.4. The van der Waals surface area contributed by atoms with Gasteiger partial charge in [-0.15, -0.1) is 0 Å². The number of pyridine rings is 1. The summed E-state index contributed by atoms with van der Waals surface area (Å²) >= 11 is 0. The van der Waals surface area contributed by atoms with Crippen LogP contribution in [0.1, 0.15) is 76.7 Å². The van der Waals surface area contributed by atoms with Crippen LogP contribution in [0.3, 0.4) is 0 Å². The fraction of sp³-hybridized carbons (Fsp3) is 0.517. The number of Topliss-reactive ketones (excluding diaryl/α,β-unsaturated/α-hetero) is 1. The lowest BCUT2D eigenvalue weighted by molar-refractivity contribution is -0.147. The van der Waals surface area contributed by atoms with Gasteiger partial charge in [0, 0.05) is 30.6 Å². The van der Waals surface area contributed by atoms with E-state index in [2.05, 4.69) is 49.2 Å². The van der Waals surface area contributed by atoms with Crippen molar-refractivity contribution in [3.63, 3.8) is 0 Å². The van der Waals surface area contributed by atoms with Crippen molar-refractivity contribution in [2.75, 3.05) is 0 Å². The molecule has 3 nitrogen and oxygen atoms in total. The number of carbonyl (C=O) groups excluding carboxylic acids is 1. The number of ether oxygens (including phenoxy) is 1. The highest BCUT2D eigenvalue weighted by Gasteiger charge is 2.67.